The number of nitrogen functional groups attached to an aromatic ring is 1. The first-order valence-electron chi connectivity index (χ1n) is 5.32. The average Bonchev–Trinajstić information content (AvgIpc) is 2.10. The summed E-state index contributed by atoms with van der Waals surface area (Å²) in [5, 5.41) is 0. The molecule has 2 heteroatoms. The van der Waals surface area contributed by atoms with Gasteiger partial charge in [0.05, 0.1) is 0 Å². The van der Waals surface area contributed by atoms with Gasteiger partial charge in [0.25, 0.3) is 0 Å². The third kappa shape index (κ3) is 1.45. The summed E-state index contributed by atoms with van der Waals surface area (Å²) in [4.78, 5) is 2.42. The molecule has 0 unspecified atom stereocenters. The standard InChI is InChI=1S/C12H18N2/c1-3-10-7-14(8-10)12-6-4-5-11(13)9(12)2/h4-6,10H,3,7-8,13H2,1-2H3. The molecule has 0 aliphatic carbocycles. The number of anilines is 2. The molecule has 1 saturated heterocycles. The highest BCUT2D eigenvalue weighted by Crippen LogP contribution is 2.31. The van der Waals surface area contributed by atoms with Crippen LogP contribution in [0.5, 0.6) is 0 Å². The Kier molecular flexibility index (Phi) is 2.36. The minimum Gasteiger partial charge on any atom is -0.398 e. The van der Waals surface area contributed by atoms with Gasteiger partial charge in [-0.05, 0) is 37.0 Å². The van der Waals surface area contributed by atoms with Crippen LogP contribution in [0.2, 0.25) is 0 Å². The SMILES string of the molecule is CCC1CN(c2cccc(N)c2C)C1. The molecular formula is C12H18N2. The Morgan fingerprint density at radius 1 is 1.43 bits per heavy atom. The summed E-state index contributed by atoms with van der Waals surface area (Å²) < 4.78 is 0. The smallest absolute Gasteiger partial charge is 0.0416 e. The Labute approximate surface area is 85.7 Å². The maximum absolute atomic E-state index is 5.88. The van der Waals surface area contributed by atoms with E-state index in [-0.39, 0.29) is 0 Å². The van der Waals surface area contributed by atoms with Gasteiger partial charge in [-0.25, -0.2) is 0 Å². The van der Waals surface area contributed by atoms with Crippen molar-refractivity contribution in [1.82, 2.24) is 0 Å². The molecule has 1 heterocycles. The predicted octanol–water partition coefficient (Wildman–Crippen LogP) is 2.42. The lowest BCUT2D eigenvalue weighted by Gasteiger charge is -2.41. The fourth-order valence-electron chi connectivity index (χ4n) is 2.01. The van der Waals surface area contributed by atoms with Crippen molar-refractivity contribution in [3.63, 3.8) is 0 Å². The highest BCUT2D eigenvalue weighted by atomic mass is 15.2. The first-order chi connectivity index (χ1) is 6.72. The molecule has 0 radical (unpaired) electrons. The number of hydrogen-bond acceptors (Lipinski definition) is 2. The van der Waals surface area contributed by atoms with Crippen LogP contribution in [-0.4, -0.2) is 13.1 Å². The van der Waals surface area contributed by atoms with E-state index in [4.69, 9.17) is 5.73 Å². The average molecular weight is 190 g/mol. The molecule has 0 aromatic heterocycles. The van der Waals surface area contributed by atoms with E-state index in [1.54, 1.807) is 0 Å². The molecule has 0 spiro atoms. The van der Waals surface area contributed by atoms with E-state index in [9.17, 15) is 0 Å². The molecule has 1 aliphatic rings. The van der Waals surface area contributed by atoms with Gasteiger partial charge in [0.2, 0.25) is 0 Å². The number of hydrogen-bond donors (Lipinski definition) is 1. The van der Waals surface area contributed by atoms with Gasteiger partial charge in [-0.1, -0.05) is 13.0 Å². The minimum atomic E-state index is 0.885. The first-order valence-corrected chi connectivity index (χ1v) is 5.32. The zero-order valence-corrected chi connectivity index (χ0v) is 8.96. The summed E-state index contributed by atoms with van der Waals surface area (Å²) in [6, 6.07) is 6.17. The van der Waals surface area contributed by atoms with E-state index in [2.05, 4.69) is 24.8 Å². The minimum absolute atomic E-state index is 0.885. The van der Waals surface area contributed by atoms with E-state index >= 15 is 0 Å². The van der Waals surface area contributed by atoms with Crippen molar-refractivity contribution in [1.29, 1.82) is 0 Å². The highest BCUT2D eigenvalue weighted by molar-refractivity contribution is 5.65. The molecule has 0 bridgehead atoms. The Hall–Kier alpha value is -1.18. The van der Waals surface area contributed by atoms with Crippen molar-refractivity contribution in [2.24, 2.45) is 5.92 Å². The maximum atomic E-state index is 5.88. The van der Waals surface area contributed by atoms with Crippen LogP contribution >= 0.6 is 0 Å². The van der Waals surface area contributed by atoms with Crippen LogP contribution in [-0.2, 0) is 0 Å². The fraction of sp³-hybridized carbons (Fsp3) is 0.500. The summed E-state index contributed by atoms with van der Waals surface area (Å²) in [6.07, 6.45) is 1.29. The van der Waals surface area contributed by atoms with Gasteiger partial charge in [-0.3, -0.25) is 0 Å². The summed E-state index contributed by atoms with van der Waals surface area (Å²) in [7, 11) is 0. The quantitative estimate of drug-likeness (QED) is 0.726. The van der Waals surface area contributed by atoms with Gasteiger partial charge in [-0.2, -0.15) is 0 Å². The topological polar surface area (TPSA) is 29.3 Å². The van der Waals surface area contributed by atoms with Crippen LogP contribution in [0.25, 0.3) is 0 Å². The molecule has 0 saturated carbocycles. The Bertz CT molecular complexity index is 327. The van der Waals surface area contributed by atoms with E-state index in [1.807, 2.05) is 12.1 Å². The van der Waals surface area contributed by atoms with E-state index in [1.165, 1.54) is 30.8 Å². The van der Waals surface area contributed by atoms with Gasteiger partial charge in [-0.15, -0.1) is 0 Å². The number of nitrogens with zero attached hydrogens (tertiary/aromatic N) is 1. The molecule has 2 N–H and O–H groups in total. The Balaban J connectivity index is 2.14. The molecule has 2 rings (SSSR count). The molecule has 76 valence electrons. The third-order valence-corrected chi connectivity index (χ3v) is 3.22. The molecular weight excluding hydrogens is 172 g/mol. The Morgan fingerprint density at radius 3 is 2.79 bits per heavy atom. The van der Waals surface area contributed by atoms with Crippen molar-refractivity contribution in [3.05, 3.63) is 23.8 Å². The van der Waals surface area contributed by atoms with Crippen LogP contribution in [0.15, 0.2) is 18.2 Å². The second-order valence-corrected chi connectivity index (χ2v) is 4.17. The summed E-state index contributed by atoms with van der Waals surface area (Å²) in [5.74, 6) is 0.885. The molecule has 14 heavy (non-hydrogen) atoms. The third-order valence-electron chi connectivity index (χ3n) is 3.22. The highest BCUT2D eigenvalue weighted by Gasteiger charge is 2.26. The molecule has 0 atom stereocenters. The largest absolute Gasteiger partial charge is 0.398 e. The number of nitrogens with two attached hydrogens (primary N) is 1. The van der Waals surface area contributed by atoms with Crippen molar-refractivity contribution in [2.75, 3.05) is 23.7 Å². The zero-order chi connectivity index (χ0) is 10.1. The zero-order valence-electron chi connectivity index (χ0n) is 8.96. The lowest BCUT2D eigenvalue weighted by Crippen LogP contribution is -2.46. The molecule has 1 aromatic rings. The lowest BCUT2D eigenvalue weighted by molar-refractivity contribution is 0.398. The van der Waals surface area contributed by atoms with Gasteiger partial charge >= 0.3 is 0 Å². The van der Waals surface area contributed by atoms with Crippen molar-refractivity contribution in [3.8, 4) is 0 Å². The summed E-state index contributed by atoms with van der Waals surface area (Å²) >= 11 is 0. The fourth-order valence-corrected chi connectivity index (χ4v) is 2.01. The van der Waals surface area contributed by atoms with Crippen molar-refractivity contribution >= 4 is 11.4 Å². The number of benzene rings is 1. The lowest BCUT2D eigenvalue weighted by atomic mass is 9.95. The second kappa shape index (κ2) is 3.52. The van der Waals surface area contributed by atoms with Gasteiger partial charge in [0.15, 0.2) is 0 Å². The molecule has 0 amide bonds. The van der Waals surface area contributed by atoms with Crippen molar-refractivity contribution < 1.29 is 0 Å². The Morgan fingerprint density at radius 2 is 2.14 bits per heavy atom. The van der Waals surface area contributed by atoms with Crippen LogP contribution in [0, 0.1) is 12.8 Å². The maximum Gasteiger partial charge on any atom is 0.0416 e. The van der Waals surface area contributed by atoms with Gasteiger partial charge in [0, 0.05) is 24.5 Å². The van der Waals surface area contributed by atoms with E-state index in [0.29, 0.717) is 0 Å². The van der Waals surface area contributed by atoms with Crippen LogP contribution < -0.4 is 10.6 Å². The van der Waals surface area contributed by atoms with Crippen molar-refractivity contribution in [2.45, 2.75) is 20.3 Å². The van der Waals surface area contributed by atoms with Gasteiger partial charge in [0.1, 0.15) is 0 Å². The molecule has 1 fully saturated rings. The summed E-state index contributed by atoms with van der Waals surface area (Å²) in [6.45, 7) is 6.75. The monoisotopic (exact) mass is 190 g/mol. The predicted molar refractivity (Wildman–Crippen MR) is 61.6 cm³/mol. The molecule has 1 aliphatic heterocycles. The molecule has 2 nitrogen and oxygen atoms in total. The van der Waals surface area contributed by atoms with Crippen LogP contribution in [0.4, 0.5) is 11.4 Å². The molecule has 1 aromatic carbocycles. The van der Waals surface area contributed by atoms with E-state index in [0.717, 1.165) is 11.6 Å². The van der Waals surface area contributed by atoms with E-state index < -0.39 is 0 Å². The van der Waals surface area contributed by atoms with Crippen LogP contribution in [0.3, 0.4) is 0 Å². The number of rotatable bonds is 2. The van der Waals surface area contributed by atoms with Crippen LogP contribution in [0.1, 0.15) is 18.9 Å². The van der Waals surface area contributed by atoms with Gasteiger partial charge < -0.3 is 10.6 Å². The second-order valence-electron chi connectivity index (χ2n) is 4.17. The summed E-state index contributed by atoms with van der Waals surface area (Å²) in [5.41, 5.74) is 9.32. The first kappa shape index (κ1) is 9.38. The normalized spacial score (nSPS) is 16.9.